The predicted molar refractivity (Wildman–Crippen MR) is 70.7 cm³/mol. The van der Waals surface area contributed by atoms with E-state index in [2.05, 4.69) is 18.7 Å². The van der Waals surface area contributed by atoms with Crippen LogP contribution in [0.15, 0.2) is 0 Å². The first kappa shape index (κ1) is 15.6. The van der Waals surface area contributed by atoms with Gasteiger partial charge in [0.15, 0.2) is 5.78 Å². The Morgan fingerprint density at radius 2 is 1.44 bits per heavy atom. The molecule has 0 aromatic rings. The average molecular weight is 227 g/mol. The van der Waals surface area contributed by atoms with Crippen molar-refractivity contribution in [3.63, 3.8) is 0 Å². The molecule has 0 aromatic heterocycles. The Bertz CT molecular complexity index is 185. The molecule has 0 rings (SSSR count). The summed E-state index contributed by atoms with van der Waals surface area (Å²) in [4.78, 5) is 14.3. The van der Waals surface area contributed by atoms with Gasteiger partial charge in [0.25, 0.3) is 0 Å². The molecule has 0 N–H and O–H groups in total. The Morgan fingerprint density at radius 3 is 1.75 bits per heavy atom. The molecule has 2 nitrogen and oxygen atoms in total. The molecule has 0 atom stereocenters. The van der Waals surface area contributed by atoms with Crippen LogP contribution in [0.5, 0.6) is 0 Å². The van der Waals surface area contributed by atoms with Gasteiger partial charge in [-0.05, 0) is 25.9 Å². The summed E-state index contributed by atoms with van der Waals surface area (Å²) in [5.41, 5.74) is -0.198. The van der Waals surface area contributed by atoms with E-state index in [1.165, 1.54) is 25.7 Å². The predicted octanol–water partition coefficient (Wildman–Crippen LogP) is 3.50. The van der Waals surface area contributed by atoms with Crippen LogP contribution in [-0.2, 0) is 4.79 Å². The molecule has 0 amide bonds. The number of rotatable bonds is 8. The Hall–Kier alpha value is -0.370. The number of ketones is 1. The molecule has 16 heavy (non-hydrogen) atoms. The Morgan fingerprint density at radius 1 is 1.00 bits per heavy atom. The lowest BCUT2D eigenvalue weighted by Gasteiger charge is -2.25. The zero-order valence-corrected chi connectivity index (χ0v) is 11.8. The molecule has 0 unspecified atom stereocenters. The highest BCUT2D eigenvalue weighted by atomic mass is 16.1. The normalized spacial score (nSPS) is 12.1. The molecule has 0 aliphatic carbocycles. The van der Waals surface area contributed by atoms with Gasteiger partial charge < -0.3 is 0 Å². The van der Waals surface area contributed by atoms with Crippen molar-refractivity contribution in [3.8, 4) is 0 Å². The minimum Gasteiger partial charge on any atom is -0.298 e. The summed E-state index contributed by atoms with van der Waals surface area (Å²) in [6.07, 6.45) is 4.79. The van der Waals surface area contributed by atoms with Crippen molar-refractivity contribution in [3.05, 3.63) is 0 Å². The monoisotopic (exact) mass is 227 g/mol. The van der Waals surface area contributed by atoms with Gasteiger partial charge in [0.05, 0.1) is 6.54 Å². The molecule has 0 heterocycles. The Labute approximate surface area is 101 Å². The van der Waals surface area contributed by atoms with Crippen LogP contribution in [0.2, 0.25) is 0 Å². The fourth-order valence-corrected chi connectivity index (χ4v) is 1.47. The van der Waals surface area contributed by atoms with E-state index >= 15 is 0 Å². The lowest BCUT2D eigenvalue weighted by Crippen LogP contribution is -2.37. The van der Waals surface area contributed by atoms with Crippen molar-refractivity contribution in [1.29, 1.82) is 0 Å². The first-order valence-electron chi connectivity index (χ1n) is 6.67. The summed E-state index contributed by atoms with van der Waals surface area (Å²) in [5.74, 6) is 0.361. The first-order chi connectivity index (χ1) is 7.41. The maximum Gasteiger partial charge on any atom is 0.152 e. The van der Waals surface area contributed by atoms with Crippen LogP contribution >= 0.6 is 0 Å². The van der Waals surface area contributed by atoms with Crippen LogP contribution < -0.4 is 0 Å². The smallest absolute Gasteiger partial charge is 0.152 e. The first-order valence-corrected chi connectivity index (χ1v) is 6.67. The molecule has 0 spiro atoms. The number of unbranched alkanes of at least 4 members (excludes halogenated alkanes) is 2. The maximum absolute atomic E-state index is 12.0. The largest absolute Gasteiger partial charge is 0.298 e. The molecule has 0 aliphatic heterocycles. The standard InChI is InChI=1S/C14H29NO/c1-6-8-10-15(11-9-7-2)12-13(16)14(3,4)5/h6-12H2,1-5H3. The van der Waals surface area contributed by atoms with Crippen molar-refractivity contribution in [1.82, 2.24) is 4.90 Å². The van der Waals surface area contributed by atoms with Crippen LogP contribution in [0.3, 0.4) is 0 Å². The lowest BCUT2D eigenvalue weighted by atomic mass is 9.90. The van der Waals surface area contributed by atoms with Crippen LogP contribution in [-0.4, -0.2) is 30.3 Å². The quantitative estimate of drug-likeness (QED) is 0.632. The van der Waals surface area contributed by atoms with Gasteiger partial charge in [0.2, 0.25) is 0 Å². The molecule has 0 saturated carbocycles. The number of carbonyl (C=O) groups is 1. The summed E-state index contributed by atoms with van der Waals surface area (Å²) < 4.78 is 0. The van der Waals surface area contributed by atoms with E-state index in [0.29, 0.717) is 12.3 Å². The fourth-order valence-electron chi connectivity index (χ4n) is 1.47. The SMILES string of the molecule is CCCCN(CCCC)CC(=O)C(C)(C)C. The highest BCUT2D eigenvalue weighted by Crippen LogP contribution is 2.15. The molecular formula is C14H29NO. The van der Waals surface area contributed by atoms with E-state index in [0.717, 1.165) is 13.1 Å². The van der Waals surface area contributed by atoms with E-state index in [9.17, 15) is 4.79 Å². The summed E-state index contributed by atoms with van der Waals surface area (Å²) >= 11 is 0. The molecule has 0 radical (unpaired) electrons. The van der Waals surface area contributed by atoms with E-state index in [4.69, 9.17) is 0 Å². The molecule has 2 heteroatoms. The van der Waals surface area contributed by atoms with Gasteiger partial charge in [0.1, 0.15) is 0 Å². The number of hydrogen-bond donors (Lipinski definition) is 0. The van der Waals surface area contributed by atoms with Crippen LogP contribution in [0.25, 0.3) is 0 Å². The van der Waals surface area contributed by atoms with Gasteiger partial charge in [-0.15, -0.1) is 0 Å². The molecule has 0 bridgehead atoms. The van der Waals surface area contributed by atoms with Gasteiger partial charge in [-0.3, -0.25) is 9.69 Å². The van der Waals surface area contributed by atoms with E-state index in [-0.39, 0.29) is 5.41 Å². The van der Waals surface area contributed by atoms with Crippen LogP contribution in [0, 0.1) is 5.41 Å². The number of carbonyl (C=O) groups excluding carboxylic acids is 1. The minimum atomic E-state index is -0.198. The van der Waals surface area contributed by atoms with Crippen LogP contribution in [0.1, 0.15) is 60.3 Å². The van der Waals surface area contributed by atoms with Crippen molar-refractivity contribution in [2.24, 2.45) is 5.41 Å². The van der Waals surface area contributed by atoms with E-state index in [1.54, 1.807) is 0 Å². The second kappa shape index (κ2) is 7.83. The van der Waals surface area contributed by atoms with Crippen molar-refractivity contribution in [2.75, 3.05) is 19.6 Å². The van der Waals surface area contributed by atoms with Gasteiger partial charge in [-0.25, -0.2) is 0 Å². The summed E-state index contributed by atoms with van der Waals surface area (Å²) in [6.45, 7) is 13.2. The molecule has 0 aliphatic rings. The highest BCUT2D eigenvalue weighted by Gasteiger charge is 2.22. The summed E-state index contributed by atoms with van der Waals surface area (Å²) in [5, 5.41) is 0. The average Bonchev–Trinajstić information content (AvgIpc) is 2.20. The minimum absolute atomic E-state index is 0.198. The Kier molecular flexibility index (Phi) is 7.65. The third-order valence-electron chi connectivity index (χ3n) is 2.86. The second-order valence-electron chi connectivity index (χ2n) is 5.66. The second-order valence-corrected chi connectivity index (χ2v) is 5.66. The highest BCUT2D eigenvalue weighted by molar-refractivity contribution is 5.85. The maximum atomic E-state index is 12.0. The lowest BCUT2D eigenvalue weighted by molar-refractivity contribution is -0.127. The summed E-state index contributed by atoms with van der Waals surface area (Å²) in [7, 11) is 0. The van der Waals surface area contributed by atoms with Crippen molar-refractivity contribution < 1.29 is 4.79 Å². The number of nitrogens with zero attached hydrogens (tertiary/aromatic N) is 1. The van der Waals surface area contributed by atoms with E-state index < -0.39 is 0 Å². The topological polar surface area (TPSA) is 20.3 Å². The zero-order chi connectivity index (χ0) is 12.6. The number of hydrogen-bond acceptors (Lipinski definition) is 2. The van der Waals surface area contributed by atoms with Gasteiger partial charge in [0, 0.05) is 5.41 Å². The summed E-state index contributed by atoms with van der Waals surface area (Å²) in [6, 6.07) is 0. The third kappa shape index (κ3) is 7.00. The molecule has 0 aromatic carbocycles. The van der Waals surface area contributed by atoms with E-state index in [1.807, 2.05) is 20.8 Å². The van der Waals surface area contributed by atoms with Crippen molar-refractivity contribution in [2.45, 2.75) is 60.3 Å². The van der Waals surface area contributed by atoms with Crippen LogP contribution in [0.4, 0.5) is 0 Å². The zero-order valence-electron chi connectivity index (χ0n) is 11.8. The molecule has 0 fully saturated rings. The van der Waals surface area contributed by atoms with Crippen molar-refractivity contribution >= 4 is 5.78 Å². The fraction of sp³-hybridized carbons (Fsp3) is 0.929. The van der Waals surface area contributed by atoms with Gasteiger partial charge >= 0.3 is 0 Å². The van der Waals surface area contributed by atoms with Gasteiger partial charge in [-0.1, -0.05) is 47.5 Å². The number of Topliss-reactive ketones (excluding diaryl/α,β-unsaturated/α-hetero) is 1. The Balaban J connectivity index is 4.13. The molecule has 96 valence electrons. The van der Waals surface area contributed by atoms with Gasteiger partial charge in [-0.2, -0.15) is 0 Å². The molecule has 0 saturated heterocycles. The third-order valence-corrected chi connectivity index (χ3v) is 2.86. The molecular weight excluding hydrogens is 198 g/mol.